The number of rotatable bonds is 7. The minimum absolute atomic E-state index is 0.0146. The number of nitrogens with zero attached hydrogens (tertiary/aromatic N) is 1. The van der Waals surface area contributed by atoms with E-state index in [0.717, 1.165) is 11.3 Å². The Morgan fingerprint density at radius 2 is 1.70 bits per heavy atom. The van der Waals surface area contributed by atoms with E-state index in [2.05, 4.69) is 48.2 Å². The van der Waals surface area contributed by atoms with E-state index in [4.69, 9.17) is 0 Å². The number of aromatic amines is 1. The summed E-state index contributed by atoms with van der Waals surface area (Å²) in [4.78, 5) is 32.4. The summed E-state index contributed by atoms with van der Waals surface area (Å²) in [5.74, 6) is 0.198. The number of aryl methyl sites for hydroxylation is 1. The maximum Gasteiger partial charge on any atom is 0.255 e. The monoisotopic (exact) mass is 421 g/mol. The van der Waals surface area contributed by atoms with Gasteiger partial charge in [-0.25, -0.2) is 4.98 Å². The Morgan fingerprint density at radius 3 is 2.30 bits per heavy atom. The highest BCUT2D eigenvalue weighted by atomic mass is 32.2. The fourth-order valence-electron chi connectivity index (χ4n) is 3.13. The van der Waals surface area contributed by atoms with Crippen molar-refractivity contribution in [3.8, 4) is 0 Å². The van der Waals surface area contributed by atoms with Gasteiger partial charge in [0.15, 0.2) is 5.16 Å². The topological polar surface area (TPSA) is 74.8 Å². The van der Waals surface area contributed by atoms with Gasteiger partial charge in [0.25, 0.3) is 5.56 Å². The van der Waals surface area contributed by atoms with Crippen LogP contribution < -0.4 is 10.9 Å². The van der Waals surface area contributed by atoms with Gasteiger partial charge in [0.1, 0.15) is 0 Å². The van der Waals surface area contributed by atoms with Gasteiger partial charge in [-0.1, -0.05) is 68.1 Å². The quantitative estimate of drug-likeness (QED) is 0.404. The second kappa shape index (κ2) is 9.76. The highest BCUT2D eigenvalue weighted by Crippen LogP contribution is 2.32. The first-order chi connectivity index (χ1) is 14.3. The van der Waals surface area contributed by atoms with Crippen LogP contribution in [0, 0.1) is 6.92 Å². The number of carbonyl (C=O) groups excluding carboxylic acids is 1. The number of hydrogen-bond donors (Lipinski definition) is 2. The first-order valence-corrected chi connectivity index (χ1v) is 10.9. The van der Waals surface area contributed by atoms with E-state index in [1.165, 1.54) is 17.3 Å². The zero-order valence-corrected chi connectivity index (χ0v) is 18.5. The zero-order chi connectivity index (χ0) is 21.7. The predicted octanol–water partition coefficient (Wildman–Crippen LogP) is 5.24. The average molecular weight is 422 g/mol. The first kappa shape index (κ1) is 21.8. The lowest BCUT2D eigenvalue weighted by Crippen LogP contribution is -2.23. The number of amides is 1. The molecule has 0 radical (unpaired) electrons. The summed E-state index contributed by atoms with van der Waals surface area (Å²) in [6.45, 7) is 8.09. The van der Waals surface area contributed by atoms with Crippen molar-refractivity contribution in [3.05, 3.63) is 87.3 Å². The first-order valence-electron chi connectivity index (χ1n) is 10.0. The van der Waals surface area contributed by atoms with Gasteiger partial charge in [0.05, 0.1) is 6.42 Å². The third-order valence-electron chi connectivity index (χ3n) is 4.96. The van der Waals surface area contributed by atoms with Crippen molar-refractivity contribution >= 4 is 23.4 Å². The molecule has 30 heavy (non-hydrogen) atoms. The zero-order valence-electron chi connectivity index (χ0n) is 17.7. The van der Waals surface area contributed by atoms with E-state index in [1.54, 1.807) is 6.92 Å². The Bertz CT molecular complexity index is 1060. The van der Waals surface area contributed by atoms with Crippen molar-refractivity contribution in [3.63, 3.8) is 0 Å². The second-order valence-electron chi connectivity index (χ2n) is 7.61. The summed E-state index contributed by atoms with van der Waals surface area (Å²) in [6.07, 6.45) is -0.0146. The van der Waals surface area contributed by atoms with Crippen LogP contribution in [-0.2, 0) is 11.2 Å². The number of hydrogen-bond acceptors (Lipinski definition) is 4. The maximum absolute atomic E-state index is 12.6. The van der Waals surface area contributed by atoms with E-state index >= 15 is 0 Å². The minimum Gasteiger partial charge on any atom is -0.326 e. The number of anilines is 1. The molecule has 6 heteroatoms. The van der Waals surface area contributed by atoms with Crippen LogP contribution >= 0.6 is 11.8 Å². The highest BCUT2D eigenvalue weighted by molar-refractivity contribution is 7.99. The molecule has 3 aromatic rings. The molecule has 1 amide bonds. The van der Waals surface area contributed by atoms with E-state index < -0.39 is 0 Å². The third-order valence-corrected chi connectivity index (χ3v) is 6.00. The Labute approximate surface area is 181 Å². The van der Waals surface area contributed by atoms with Crippen molar-refractivity contribution in [2.45, 2.75) is 50.4 Å². The predicted molar refractivity (Wildman–Crippen MR) is 123 cm³/mol. The fourth-order valence-corrected chi connectivity index (χ4v) is 4.09. The van der Waals surface area contributed by atoms with Gasteiger partial charge in [0.2, 0.25) is 5.91 Å². The van der Waals surface area contributed by atoms with Gasteiger partial charge in [-0.2, -0.15) is 0 Å². The molecule has 0 aliphatic carbocycles. The molecule has 1 atom stereocenters. The van der Waals surface area contributed by atoms with Crippen LogP contribution in [0.1, 0.15) is 54.3 Å². The summed E-state index contributed by atoms with van der Waals surface area (Å²) < 4.78 is 0. The van der Waals surface area contributed by atoms with Crippen molar-refractivity contribution in [2.75, 3.05) is 5.32 Å². The molecule has 0 saturated heterocycles. The number of carbonyl (C=O) groups is 1. The normalized spacial score (nSPS) is 12.0. The molecule has 1 heterocycles. The third kappa shape index (κ3) is 5.60. The van der Waals surface area contributed by atoms with Crippen LogP contribution in [0.4, 0.5) is 5.69 Å². The summed E-state index contributed by atoms with van der Waals surface area (Å²) >= 11 is 1.49. The van der Waals surface area contributed by atoms with Gasteiger partial charge < -0.3 is 10.3 Å². The number of thioether (sulfide) groups is 1. The van der Waals surface area contributed by atoms with Crippen molar-refractivity contribution in [2.24, 2.45) is 0 Å². The smallest absolute Gasteiger partial charge is 0.255 e. The van der Waals surface area contributed by atoms with Gasteiger partial charge in [-0.3, -0.25) is 9.59 Å². The molecule has 2 aromatic carbocycles. The molecular formula is C24H27N3O2S. The van der Waals surface area contributed by atoms with Gasteiger partial charge in [-0.05, 0) is 43.0 Å². The SMILES string of the molecule is Cc1nc(SC(C)c2ccccc2)[nH]c(=O)c1CC(=O)Nc1ccc(C(C)C)cc1. The minimum atomic E-state index is -0.268. The molecule has 0 saturated carbocycles. The lowest BCUT2D eigenvalue weighted by molar-refractivity contribution is -0.115. The summed E-state index contributed by atoms with van der Waals surface area (Å²) in [5, 5.41) is 3.56. The highest BCUT2D eigenvalue weighted by Gasteiger charge is 2.15. The molecule has 156 valence electrons. The van der Waals surface area contributed by atoms with Gasteiger partial charge in [-0.15, -0.1) is 0 Å². The second-order valence-corrected chi connectivity index (χ2v) is 8.94. The molecular weight excluding hydrogens is 394 g/mol. The number of H-pyrrole nitrogens is 1. The van der Waals surface area contributed by atoms with Crippen molar-refractivity contribution < 1.29 is 4.79 Å². The van der Waals surface area contributed by atoms with Crippen LogP contribution in [0.3, 0.4) is 0 Å². The van der Waals surface area contributed by atoms with E-state index in [0.29, 0.717) is 22.3 Å². The molecule has 2 N–H and O–H groups in total. The van der Waals surface area contributed by atoms with Crippen LogP contribution in [0.5, 0.6) is 0 Å². The number of benzene rings is 2. The summed E-state index contributed by atoms with van der Waals surface area (Å²) in [7, 11) is 0. The Morgan fingerprint density at radius 1 is 1.03 bits per heavy atom. The van der Waals surface area contributed by atoms with Gasteiger partial charge >= 0.3 is 0 Å². The lowest BCUT2D eigenvalue weighted by Gasteiger charge is -2.12. The summed E-state index contributed by atoms with van der Waals surface area (Å²) in [6, 6.07) is 17.8. The average Bonchev–Trinajstić information content (AvgIpc) is 2.72. The Kier molecular flexibility index (Phi) is 7.11. The molecule has 5 nitrogen and oxygen atoms in total. The Balaban J connectivity index is 1.67. The molecule has 1 aromatic heterocycles. The molecule has 1 unspecified atom stereocenters. The molecule has 3 rings (SSSR count). The van der Waals surface area contributed by atoms with Gasteiger partial charge in [0, 0.05) is 22.2 Å². The van der Waals surface area contributed by atoms with E-state index in [9.17, 15) is 9.59 Å². The molecule has 0 aliphatic heterocycles. The van der Waals surface area contributed by atoms with E-state index in [1.807, 2.05) is 42.5 Å². The van der Waals surface area contributed by atoms with Crippen molar-refractivity contribution in [1.82, 2.24) is 9.97 Å². The fraction of sp³-hybridized carbons (Fsp3) is 0.292. The van der Waals surface area contributed by atoms with Crippen LogP contribution in [0.25, 0.3) is 0 Å². The standard InChI is InChI=1S/C24H27N3O2S/c1-15(2)18-10-12-20(13-11-18)26-22(28)14-21-16(3)25-24(27-23(21)29)30-17(4)19-8-6-5-7-9-19/h5-13,15,17H,14H2,1-4H3,(H,26,28)(H,25,27,29). The molecule has 0 spiro atoms. The maximum atomic E-state index is 12.6. The van der Waals surface area contributed by atoms with Crippen LogP contribution in [0.15, 0.2) is 64.5 Å². The van der Waals surface area contributed by atoms with Crippen LogP contribution in [-0.4, -0.2) is 15.9 Å². The lowest BCUT2D eigenvalue weighted by atomic mass is 10.0. The number of aromatic nitrogens is 2. The molecule has 0 bridgehead atoms. The molecule has 0 fully saturated rings. The summed E-state index contributed by atoms with van der Waals surface area (Å²) in [5.41, 5.74) is 3.79. The van der Waals surface area contributed by atoms with E-state index in [-0.39, 0.29) is 23.1 Å². The molecule has 0 aliphatic rings. The van der Waals surface area contributed by atoms with Crippen LogP contribution in [0.2, 0.25) is 0 Å². The largest absolute Gasteiger partial charge is 0.326 e. The van der Waals surface area contributed by atoms with Crippen molar-refractivity contribution in [1.29, 1.82) is 0 Å². The number of nitrogens with one attached hydrogen (secondary N) is 2. The Hall–Kier alpha value is -2.86.